The highest BCUT2D eigenvalue weighted by Crippen LogP contribution is 2.36. The molecule has 1 aromatic rings. The van der Waals surface area contributed by atoms with Crippen molar-refractivity contribution in [3.05, 3.63) is 15.9 Å². The fourth-order valence-electron chi connectivity index (χ4n) is 2.52. The van der Waals surface area contributed by atoms with E-state index in [9.17, 15) is 8.42 Å². The van der Waals surface area contributed by atoms with Gasteiger partial charge in [0.15, 0.2) is 0 Å². The van der Waals surface area contributed by atoms with Gasteiger partial charge in [0.2, 0.25) is 10.0 Å². The van der Waals surface area contributed by atoms with Gasteiger partial charge >= 0.3 is 0 Å². The molecule has 3 nitrogen and oxygen atoms in total. The Morgan fingerprint density at radius 1 is 1.44 bits per heavy atom. The van der Waals surface area contributed by atoms with E-state index in [0.29, 0.717) is 4.21 Å². The molecule has 1 aliphatic rings. The van der Waals surface area contributed by atoms with Crippen molar-refractivity contribution in [1.29, 1.82) is 0 Å². The number of hydrogen-bond acceptors (Lipinski definition) is 3. The lowest BCUT2D eigenvalue weighted by molar-refractivity contribution is 0.212. The largest absolute Gasteiger partial charge is 0.250 e. The lowest BCUT2D eigenvalue weighted by Crippen LogP contribution is -2.40. The van der Waals surface area contributed by atoms with Gasteiger partial charge < -0.3 is 0 Å². The average Bonchev–Trinajstić information content (AvgIpc) is 2.63. The van der Waals surface area contributed by atoms with E-state index in [-0.39, 0.29) is 11.5 Å². The number of rotatable bonds is 3. The van der Waals surface area contributed by atoms with Crippen LogP contribution in [-0.4, -0.2) is 14.5 Å². The third-order valence-electron chi connectivity index (χ3n) is 3.34. The molecule has 0 aromatic carbocycles. The lowest BCUT2D eigenvalue weighted by Gasteiger charge is -2.35. The molecular formula is C12H18BrNO2S2. The van der Waals surface area contributed by atoms with E-state index >= 15 is 0 Å². The van der Waals surface area contributed by atoms with E-state index < -0.39 is 10.0 Å². The molecule has 102 valence electrons. The Morgan fingerprint density at radius 2 is 2.17 bits per heavy atom. The average molecular weight is 352 g/mol. The monoisotopic (exact) mass is 351 g/mol. The highest BCUT2D eigenvalue weighted by atomic mass is 79.9. The van der Waals surface area contributed by atoms with E-state index in [1.165, 1.54) is 17.8 Å². The predicted molar refractivity (Wildman–Crippen MR) is 78.4 cm³/mol. The minimum Gasteiger partial charge on any atom is -0.207 e. The van der Waals surface area contributed by atoms with Crippen molar-refractivity contribution in [2.45, 2.75) is 49.8 Å². The van der Waals surface area contributed by atoms with Crippen LogP contribution in [0.25, 0.3) is 0 Å². The van der Waals surface area contributed by atoms with Crippen LogP contribution < -0.4 is 4.72 Å². The summed E-state index contributed by atoms with van der Waals surface area (Å²) in [6.07, 6.45) is 4.12. The zero-order valence-corrected chi connectivity index (χ0v) is 13.8. The fourth-order valence-corrected chi connectivity index (χ4v) is 5.82. The molecular weight excluding hydrogens is 334 g/mol. The van der Waals surface area contributed by atoms with Crippen molar-refractivity contribution < 1.29 is 8.42 Å². The van der Waals surface area contributed by atoms with Crippen molar-refractivity contribution in [1.82, 2.24) is 4.72 Å². The second-order valence-electron chi connectivity index (χ2n) is 5.64. The summed E-state index contributed by atoms with van der Waals surface area (Å²) >= 11 is 4.54. The smallest absolute Gasteiger partial charge is 0.207 e. The molecule has 18 heavy (non-hydrogen) atoms. The van der Waals surface area contributed by atoms with Gasteiger partial charge in [0.05, 0.1) is 3.79 Å². The summed E-state index contributed by atoms with van der Waals surface area (Å²) in [5.74, 6) is 0. The number of halogens is 1. The summed E-state index contributed by atoms with van der Waals surface area (Å²) in [5.41, 5.74) is 0.238. The molecule has 1 saturated carbocycles. The molecule has 1 aromatic heterocycles. The van der Waals surface area contributed by atoms with E-state index in [0.717, 1.165) is 23.0 Å². The molecule has 0 saturated heterocycles. The van der Waals surface area contributed by atoms with Crippen LogP contribution in [0.1, 0.15) is 39.5 Å². The van der Waals surface area contributed by atoms with Crippen LogP contribution in [-0.2, 0) is 10.0 Å². The molecule has 1 N–H and O–H groups in total. The number of thiophene rings is 1. The number of hydrogen-bond donors (Lipinski definition) is 1. The Hall–Kier alpha value is 0.0900. The summed E-state index contributed by atoms with van der Waals surface area (Å²) in [6.45, 7) is 4.41. The Morgan fingerprint density at radius 3 is 2.72 bits per heavy atom. The number of nitrogens with one attached hydrogen (secondary N) is 1. The summed E-state index contributed by atoms with van der Waals surface area (Å²) in [4.78, 5) is 0. The number of sulfonamides is 1. The van der Waals surface area contributed by atoms with Crippen LogP contribution in [0.5, 0.6) is 0 Å². The first kappa shape index (κ1) is 14.5. The minimum absolute atomic E-state index is 0.0691. The quantitative estimate of drug-likeness (QED) is 0.900. The molecule has 1 unspecified atom stereocenters. The van der Waals surface area contributed by atoms with Crippen LogP contribution in [0.15, 0.2) is 20.1 Å². The maximum atomic E-state index is 12.2. The zero-order valence-electron chi connectivity index (χ0n) is 10.6. The molecule has 1 aliphatic carbocycles. The van der Waals surface area contributed by atoms with Gasteiger partial charge in [-0.3, -0.25) is 0 Å². The van der Waals surface area contributed by atoms with Gasteiger partial charge in [-0.2, -0.15) is 0 Å². The van der Waals surface area contributed by atoms with Crippen LogP contribution in [0.3, 0.4) is 0 Å². The first-order chi connectivity index (χ1) is 8.28. The SMILES string of the molecule is CC1(C)CCCC(NS(=O)(=O)c2ccc(Br)s2)C1. The Kier molecular flexibility index (Phi) is 4.21. The summed E-state index contributed by atoms with van der Waals surface area (Å²) in [5, 5.41) is 0. The van der Waals surface area contributed by atoms with Gasteiger partial charge in [-0.15, -0.1) is 11.3 Å². The third-order valence-corrected chi connectivity index (χ3v) is 6.98. The molecule has 6 heteroatoms. The summed E-state index contributed by atoms with van der Waals surface area (Å²) < 4.78 is 28.5. The van der Waals surface area contributed by atoms with Crippen molar-refractivity contribution in [2.24, 2.45) is 5.41 Å². The van der Waals surface area contributed by atoms with Gasteiger partial charge in [0.25, 0.3) is 0 Å². The first-order valence-electron chi connectivity index (χ1n) is 6.06. The fraction of sp³-hybridized carbons (Fsp3) is 0.667. The Balaban J connectivity index is 2.09. The van der Waals surface area contributed by atoms with E-state index in [1.54, 1.807) is 12.1 Å². The predicted octanol–water partition coefficient (Wildman–Crippen LogP) is 3.76. The molecule has 0 spiro atoms. The minimum atomic E-state index is -3.35. The van der Waals surface area contributed by atoms with E-state index in [1.807, 2.05) is 0 Å². The summed E-state index contributed by atoms with van der Waals surface area (Å²) in [6, 6.07) is 3.48. The van der Waals surface area contributed by atoms with Crippen LogP contribution in [0.4, 0.5) is 0 Å². The van der Waals surface area contributed by atoms with Crippen LogP contribution in [0.2, 0.25) is 0 Å². The van der Waals surface area contributed by atoms with Gasteiger partial charge in [-0.05, 0) is 52.7 Å². The molecule has 1 fully saturated rings. The molecule has 0 amide bonds. The van der Waals surface area contributed by atoms with Gasteiger partial charge in [0, 0.05) is 6.04 Å². The maximum absolute atomic E-state index is 12.2. The topological polar surface area (TPSA) is 46.2 Å². The third kappa shape index (κ3) is 3.56. The van der Waals surface area contributed by atoms with E-state index in [2.05, 4.69) is 34.5 Å². The highest BCUT2D eigenvalue weighted by Gasteiger charge is 2.31. The molecule has 0 aliphatic heterocycles. The summed E-state index contributed by atoms with van der Waals surface area (Å²) in [7, 11) is -3.35. The zero-order chi connectivity index (χ0) is 13.4. The molecule has 1 heterocycles. The molecule has 2 rings (SSSR count). The molecule has 1 atom stereocenters. The van der Waals surface area contributed by atoms with Crippen molar-refractivity contribution >= 4 is 37.3 Å². The Bertz CT molecular complexity index is 522. The van der Waals surface area contributed by atoms with Gasteiger partial charge in [0.1, 0.15) is 4.21 Å². The second kappa shape index (κ2) is 5.23. The standard InChI is InChI=1S/C12H18BrNO2S2/c1-12(2)7-3-4-9(8-12)14-18(15,16)11-6-5-10(13)17-11/h5-6,9,14H,3-4,7-8H2,1-2H3. The van der Waals surface area contributed by atoms with Gasteiger partial charge in [-0.1, -0.05) is 20.3 Å². The van der Waals surface area contributed by atoms with E-state index in [4.69, 9.17) is 0 Å². The van der Waals surface area contributed by atoms with Crippen LogP contribution in [0, 0.1) is 5.41 Å². The normalized spacial score (nSPS) is 24.1. The van der Waals surface area contributed by atoms with Crippen molar-refractivity contribution in [3.63, 3.8) is 0 Å². The van der Waals surface area contributed by atoms with Crippen molar-refractivity contribution in [3.8, 4) is 0 Å². The molecule has 0 radical (unpaired) electrons. The second-order valence-corrected chi connectivity index (χ2v) is 10.0. The van der Waals surface area contributed by atoms with Crippen molar-refractivity contribution in [2.75, 3.05) is 0 Å². The maximum Gasteiger partial charge on any atom is 0.250 e. The van der Waals surface area contributed by atoms with Crippen LogP contribution >= 0.6 is 27.3 Å². The van der Waals surface area contributed by atoms with Gasteiger partial charge in [-0.25, -0.2) is 13.1 Å². The molecule has 0 bridgehead atoms. The first-order valence-corrected chi connectivity index (χ1v) is 9.15. The highest BCUT2D eigenvalue weighted by molar-refractivity contribution is 9.11. The lowest BCUT2D eigenvalue weighted by atomic mass is 9.75. The Labute approximate surface area is 121 Å².